The molecule has 2 aromatic rings. The van der Waals surface area contributed by atoms with Gasteiger partial charge in [0, 0.05) is 28.4 Å². The van der Waals surface area contributed by atoms with E-state index in [0.29, 0.717) is 34.3 Å². The summed E-state index contributed by atoms with van der Waals surface area (Å²) >= 11 is 6.01. The van der Waals surface area contributed by atoms with E-state index < -0.39 is 0 Å². The number of allylic oxidation sites excluding steroid dienone is 1. The van der Waals surface area contributed by atoms with Crippen molar-refractivity contribution in [2.45, 2.75) is 20.8 Å². The lowest BCUT2D eigenvalue weighted by atomic mass is 10.1. The first-order valence-electron chi connectivity index (χ1n) is 9.58. The van der Waals surface area contributed by atoms with Crippen molar-refractivity contribution in [1.82, 2.24) is 4.90 Å². The lowest BCUT2D eigenvalue weighted by Gasteiger charge is -2.22. The molecule has 0 fully saturated rings. The molecule has 7 heteroatoms. The van der Waals surface area contributed by atoms with Crippen LogP contribution in [0.1, 0.15) is 35.3 Å². The Morgan fingerprint density at radius 1 is 1.17 bits per heavy atom. The number of carbonyl (C=O) groups excluding carboxylic acids is 2. The summed E-state index contributed by atoms with van der Waals surface area (Å²) in [5.41, 5.74) is 2.64. The van der Waals surface area contributed by atoms with Crippen molar-refractivity contribution in [3.63, 3.8) is 0 Å². The van der Waals surface area contributed by atoms with Gasteiger partial charge in [0.15, 0.2) is 11.5 Å². The number of nitrogens with zero attached hydrogens (tertiary/aromatic N) is 1. The Morgan fingerprint density at radius 3 is 2.50 bits per heavy atom. The van der Waals surface area contributed by atoms with Crippen LogP contribution in [0.15, 0.2) is 36.4 Å². The Balaban J connectivity index is 2.26. The maximum Gasteiger partial charge on any atom is 0.254 e. The Labute approximate surface area is 182 Å². The lowest BCUT2D eigenvalue weighted by molar-refractivity contribution is -0.116. The molecule has 0 heterocycles. The van der Waals surface area contributed by atoms with Crippen LogP contribution in [0.2, 0.25) is 5.02 Å². The van der Waals surface area contributed by atoms with E-state index in [1.165, 1.54) is 12.0 Å². The van der Waals surface area contributed by atoms with Gasteiger partial charge >= 0.3 is 0 Å². The number of rotatable bonds is 8. The quantitative estimate of drug-likeness (QED) is 0.653. The van der Waals surface area contributed by atoms with E-state index in [9.17, 15) is 9.59 Å². The van der Waals surface area contributed by atoms with Gasteiger partial charge in [-0.25, -0.2) is 0 Å². The standard InChI is InChI=1S/C23H27ClN2O4/c1-6-8-16-11-17(12-20(29-4)22(16)30-5)23(28)26(7-2)14-21(27)25-19-13-18(24)10-9-15(19)3/h6,8-13H,7,14H2,1-5H3,(H,25,27)/b8-6+. The number of likely N-dealkylation sites (N-methyl/N-ethyl adjacent to an activating group) is 1. The van der Waals surface area contributed by atoms with Crippen molar-refractivity contribution in [3.05, 3.63) is 58.1 Å². The van der Waals surface area contributed by atoms with Crippen molar-refractivity contribution >= 4 is 35.2 Å². The fourth-order valence-electron chi connectivity index (χ4n) is 3.02. The van der Waals surface area contributed by atoms with Crippen LogP contribution in [-0.4, -0.2) is 44.0 Å². The number of aryl methyl sites for hydroxylation is 1. The Bertz CT molecular complexity index is 956. The predicted molar refractivity (Wildman–Crippen MR) is 121 cm³/mol. The van der Waals surface area contributed by atoms with Crippen LogP contribution in [-0.2, 0) is 4.79 Å². The van der Waals surface area contributed by atoms with Crippen LogP contribution in [0, 0.1) is 6.92 Å². The number of amides is 2. The van der Waals surface area contributed by atoms with E-state index in [1.807, 2.05) is 39.0 Å². The molecule has 0 radical (unpaired) electrons. The van der Waals surface area contributed by atoms with Crippen molar-refractivity contribution in [2.24, 2.45) is 0 Å². The smallest absolute Gasteiger partial charge is 0.254 e. The van der Waals surface area contributed by atoms with Gasteiger partial charge in [0.25, 0.3) is 5.91 Å². The van der Waals surface area contributed by atoms with Gasteiger partial charge in [0.1, 0.15) is 6.54 Å². The number of ether oxygens (including phenoxy) is 2. The van der Waals surface area contributed by atoms with E-state index in [0.717, 1.165) is 11.1 Å². The maximum atomic E-state index is 13.1. The van der Waals surface area contributed by atoms with Gasteiger partial charge in [0.05, 0.1) is 14.2 Å². The highest BCUT2D eigenvalue weighted by atomic mass is 35.5. The summed E-state index contributed by atoms with van der Waals surface area (Å²) in [5.74, 6) is 0.419. The van der Waals surface area contributed by atoms with Crippen molar-refractivity contribution < 1.29 is 19.1 Å². The first kappa shape index (κ1) is 23.3. The molecule has 160 valence electrons. The molecule has 2 rings (SSSR count). The molecule has 2 aromatic carbocycles. The van der Waals surface area contributed by atoms with Gasteiger partial charge in [-0.3, -0.25) is 9.59 Å². The molecule has 0 saturated carbocycles. The Hall–Kier alpha value is -2.99. The van der Waals surface area contributed by atoms with Crippen LogP contribution < -0.4 is 14.8 Å². The zero-order valence-corrected chi connectivity index (χ0v) is 18.7. The highest BCUT2D eigenvalue weighted by molar-refractivity contribution is 6.31. The van der Waals surface area contributed by atoms with Gasteiger partial charge in [0.2, 0.25) is 5.91 Å². The monoisotopic (exact) mass is 430 g/mol. The van der Waals surface area contributed by atoms with E-state index in [4.69, 9.17) is 21.1 Å². The van der Waals surface area contributed by atoms with Crippen molar-refractivity contribution in [2.75, 3.05) is 32.6 Å². The number of nitrogens with one attached hydrogen (secondary N) is 1. The fourth-order valence-corrected chi connectivity index (χ4v) is 3.19. The summed E-state index contributed by atoms with van der Waals surface area (Å²) in [6, 6.07) is 8.62. The molecule has 6 nitrogen and oxygen atoms in total. The topological polar surface area (TPSA) is 67.9 Å². The SMILES string of the molecule is C/C=C/c1cc(C(=O)N(CC)CC(=O)Nc2cc(Cl)ccc2C)cc(OC)c1OC. The second-order valence-corrected chi connectivity index (χ2v) is 7.06. The molecule has 30 heavy (non-hydrogen) atoms. The summed E-state index contributed by atoms with van der Waals surface area (Å²) in [5, 5.41) is 3.35. The average Bonchev–Trinajstić information content (AvgIpc) is 2.73. The molecule has 0 saturated heterocycles. The molecule has 0 aliphatic carbocycles. The second kappa shape index (κ2) is 10.7. The van der Waals surface area contributed by atoms with Crippen molar-refractivity contribution in [3.8, 4) is 11.5 Å². The maximum absolute atomic E-state index is 13.1. The molecule has 0 bridgehead atoms. The van der Waals surface area contributed by atoms with E-state index >= 15 is 0 Å². The summed E-state index contributed by atoms with van der Waals surface area (Å²) in [6.45, 7) is 5.86. The first-order valence-corrected chi connectivity index (χ1v) is 9.96. The molecule has 0 aromatic heterocycles. The summed E-state index contributed by atoms with van der Waals surface area (Å²) in [6.07, 6.45) is 3.69. The number of benzene rings is 2. The van der Waals surface area contributed by atoms with Crippen LogP contribution >= 0.6 is 11.6 Å². The normalized spacial score (nSPS) is 10.7. The van der Waals surface area contributed by atoms with Gasteiger partial charge in [-0.15, -0.1) is 0 Å². The van der Waals surface area contributed by atoms with E-state index in [-0.39, 0.29) is 18.4 Å². The predicted octanol–water partition coefficient (Wildman–Crippen LogP) is 4.80. The van der Waals surface area contributed by atoms with E-state index in [1.54, 1.807) is 31.4 Å². The number of hydrogen-bond acceptors (Lipinski definition) is 4. The van der Waals surface area contributed by atoms with Crippen LogP contribution in [0.3, 0.4) is 0 Å². The van der Waals surface area contributed by atoms with E-state index in [2.05, 4.69) is 5.32 Å². The Kier molecular flexibility index (Phi) is 8.30. The molecule has 0 unspecified atom stereocenters. The van der Waals surface area contributed by atoms with Crippen LogP contribution in [0.4, 0.5) is 5.69 Å². The highest BCUT2D eigenvalue weighted by Gasteiger charge is 2.21. The first-order chi connectivity index (χ1) is 14.3. The summed E-state index contributed by atoms with van der Waals surface area (Å²) < 4.78 is 10.8. The molecule has 0 atom stereocenters. The minimum atomic E-state index is -0.301. The number of hydrogen-bond donors (Lipinski definition) is 1. The molecule has 1 N–H and O–H groups in total. The number of methoxy groups -OCH3 is 2. The van der Waals surface area contributed by atoms with Crippen molar-refractivity contribution in [1.29, 1.82) is 0 Å². The molecule has 2 amide bonds. The second-order valence-electron chi connectivity index (χ2n) is 6.63. The summed E-state index contributed by atoms with van der Waals surface area (Å²) in [4.78, 5) is 27.2. The van der Waals surface area contributed by atoms with Gasteiger partial charge < -0.3 is 19.7 Å². The molecule has 0 aliphatic heterocycles. The Morgan fingerprint density at radius 2 is 1.90 bits per heavy atom. The summed E-state index contributed by atoms with van der Waals surface area (Å²) in [7, 11) is 3.07. The molecule has 0 spiro atoms. The zero-order chi connectivity index (χ0) is 22.3. The van der Waals surface area contributed by atoms with Crippen LogP contribution in [0.5, 0.6) is 11.5 Å². The fraction of sp³-hybridized carbons (Fsp3) is 0.304. The average molecular weight is 431 g/mol. The minimum Gasteiger partial charge on any atom is -0.493 e. The number of carbonyl (C=O) groups is 2. The number of anilines is 1. The third-order valence-corrected chi connectivity index (χ3v) is 4.81. The minimum absolute atomic E-state index is 0.0887. The molecule has 0 aliphatic rings. The third kappa shape index (κ3) is 5.54. The lowest BCUT2D eigenvalue weighted by Crippen LogP contribution is -2.38. The zero-order valence-electron chi connectivity index (χ0n) is 17.9. The van der Waals surface area contributed by atoms with Crippen LogP contribution in [0.25, 0.3) is 6.08 Å². The van der Waals surface area contributed by atoms with Gasteiger partial charge in [-0.05, 0) is 50.6 Å². The van der Waals surface area contributed by atoms with Gasteiger partial charge in [-0.1, -0.05) is 29.8 Å². The number of halogens is 1. The molecular weight excluding hydrogens is 404 g/mol. The highest BCUT2D eigenvalue weighted by Crippen LogP contribution is 2.34. The molecular formula is C23H27ClN2O4. The third-order valence-electron chi connectivity index (χ3n) is 4.58. The van der Waals surface area contributed by atoms with Gasteiger partial charge in [-0.2, -0.15) is 0 Å². The largest absolute Gasteiger partial charge is 0.493 e.